The number of hydrogen-bond donors (Lipinski definition) is 1. The lowest BCUT2D eigenvalue weighted by atomic mass is 9.90. The number of aliphatic hydroxyl groups is 1. The zero-order chi connectivity index (χ0) is 15.6. The van der Waals surface area contributed by atoms with Gasteiger partial charge < -0.3 is 5.11 Å². The number of benzene rings is 1. The van der Waals surface area contributed by atoms with Gasteiger partial charge in [0, 0.05) is 13.0 Å². The molecule has 1 heterocycles. The Morgan fingerprint density at radius 3 is 2.38 bits per heavy atom. The van der Waals surface area contributed by atoms with Gasteiger partial charge in [-0.3, -0.25) is 4.68 Å². The zero-order valence-electron chi connectivity index (χ0n) is 13.2. The first-order chi connectivity index (χ1) is 9.89. The fourth-order valence-electron chi connectivity index (χ4n) is 2.57. The summed E-state index contributed by atoms with van der Waals surface area (Å²) in [5.74, 6) is 0. The minimum atomic E-state index is -0.963. The lowest BCUT2D eigenvalue weighted by Crippen LogP contribution is -2.26. The largest absolute Gasteiger partial charge is 0.385 e. The molecule has 1 N–H and O–H groups in total. The summed E-state index contributed by atoms with van der Waals surface area (Å²) in [5.41, 5.74) is 2.90. The number of aryl methyl sites for hydroxylation is 3. The molecule has 1 atom stereocenters. The Morgan fingerprint density at radius 1 is 1.24 bits per heavy atom. The van der Waals surface area contributed by atoms with Crippen LogP contribution in [0.4, 0.5) is 0 Å². The van der Waals surface area contributed by atoms with Crippen LogP contribution in [0.25, 0.3) is 0 Å². The molecule has 1 aromatic carbocycles. The van der Waals surface area contributed by atoms with Crippen LogP contribution >= 0.6 is 11.6 Å². The Hall–Kier alpha value is -1.32. The van der Waals surface area contributed by atoms with Gasteiger partial charge >= 0.3 is 0 Å². The van der Waals surface area contributed by atoms with Crippen molar-refractivity contribution < 1.29 is 5.11 Å². The third kappa shape index (κ3) is 3.30. The highest BCUT2D eigenvalue weighted by atomic mass is 35.5. The molecule has 0 radical (unpaired) electrons. The van der Waals surface area contributed by atoms with Gasteiger partial charge in [-0.1, -0.05) is 42.8 Å². The highest BCUT2D eigenvalue weighted by Crippen LogP contribution is 2.30. The van der Waals surface area contributed by atoms with Gasteiger partial charge in [0.2, 0.25) is 0 Å². The quantitative estimate of drug-likeness (QED) is 0.910. The van der Waals surface area contributed by atoms with Crippen LogP contribution < -0.4 is 0 Å². The Morgan fingerprint density at radius 2 is 1.86 bits per heavy atom. The second-order valence-electron chi connectivity index (χ2n) is 5.66. The third-order valence-corrected chi connectivity index (χ3v) is 4.44. The van der Waals surface area contributed by atoms with E-state index < -0.39 is 5.60 Å². The van der Waals surface area contributed by atoms with Crippen LogP contribution in [0.1, 0.15) is 43.3 Å². The van der Waals surface area contributed by atoms with Crippen LogP contribution in [0.5, 0.6) is 0 Å². The predicted octanol–water partition coefficient (Wildman–Crippen LogP) is 3.88. The normalized spacial score (nSPS) is 14.2. The summed E-state index contributed by atoms with van der Waals surface area (Å²) >= 11 is 6.34. The van der Waals surface area contributed by atoms with Gasteiger partial charge in [0.25, 0.3) is 0 Å². The molecule has 0 spiro atoms. The summed E-state index contributed by atoms with van der Waals surface area (Å²) < 4.78 is 1.87. The maximum Gasteiger partial charge on any atom is 0.0924 e. The van der Waals surface area contributed by atoms with E-state index in [1.165, 1.54) is 5.56 Å². The molecule has 2 aromatic rings. The molecule has 0 saturated heterocycles. The molecular weight excluding hydrogens is 284 g/mol. The van der Waals surface area contributed by atoms with Crippen molar-refractivity contribution in [2.24, 2.45) is 0 Å². The van der Waals surface area contributed by atoms with Crippen LogP contribution in [0.2, 0.25) is 5.02 Å². The number of aromatic nitrogens is 2. The van der Waals surface area contributed by atoms with E-state index in [4.69, 9.17) is 11.6 Å². The van der Waals surface area contributed by atoms with Crippen molar-refractivity contribution in [3.8, 4) is 0 Å². The van der Waals surface area contributed by atoms with Crippen molar-refractivity contribution >= 4 is 11.6 Å². The van der Waals surface area contributed by atoms with Gasteiger partial charge in [-0.2, -0.15) is 5.10 Å². The highest BCUT2D eigenvalue weighted by Gasteiger charge is 2.27. The van der Waals surface area contributed by atoms with E-state index in [0.717, 1.165) is 29.9 Å². The van der Waals surface area contributed by atoms with Gasteiger partial charge in [0.1, 0.15) is 0 Å². The molecule has 0 fully saturated rings. The van der Waals surface area contributed by atoms with Crippen molar-refractivity contribution in [1.29, 1.82) is 0 Å². The molecule has 3 nitrogen and oxygen atoms in total. The van der Waals surface area contributed by atoms with Crippen LogP contribution in [0.15, 0.2) is 24.3 Å². The monoisotopic (exact) mass is 306 g/mol. The molecule has 1 unspecified atom stereocenters. The van der Waals surface area contributed by atoms with Crippen molar-refractivity contribution in [1.82, 2.24) is 9.78 Å². The van der Waals surface area contributed by atoms with Gasteiger partial charge in [-0.25, -0.2) is 0 Å². The van der Waals surface area contributed by atoms with E-state index in [1.807, 2.05) is 37.6 Å². The molecule has 2 rings (SSSR count). The molecular formula is C17H23ClN2O. The topological polar surface area (TPSA) is 38.1 Å². The van der Waals surface area contributed by atoms with E-state index in [-0.39, 0.29) is 0 Å². The van der Waals surface area contributed by atoms with Gasteiger partial charge in [0.05, 0.1) is 22.0 Å². The van der Waals surface area contributed by atoms with Crippen LogP contribution in [0, 0.1) is 6.92 Å². The predicted molar refractivity (Wildman–Crippen MR) is 86.7 cm³/mol. The minimum absolute atomic E-state index is 0.450. The summed E-state index contributed by atoms with van der Waals surface area (Å²) in [6.45, 7) is 8.61. The summed E-state index contributed by atoms with van der Waals surface area (Å²) in [4.78, 5) is 0. The van der Waals surface area contributed by atoms with Crippen molar-refractivity contribution in [2.75, 3.05) is 0 Å². The van der Waals surface area contributed by atoms with Crippen LogP contribution in [-0.4, -0.2) is 14.9 Å². The lowest BCUT2D eigenvalue weighted by Gasteiger charge is -2.24. The highest BCUT2D eigenvalue weighted by molar-refractivity contribution is 6.31. The summed E-state index contributed by atoms with van der Waals surface area (Å²) in [5, 5.41) is 15.9. The molecule has 21 heavy (non-hydrogen) atoms. The minimum Gasteiger partial charge on any atom is -0.385 e. The first kappa shape index (κ1) is 16.1. The second-order valence-corrected chi connectivity index (χ2v) is 6.04. The molecule has 0 aliphatic heterocycles. The number of hydrogen-bond acceptors (Lipinski definition) is 2. The average molecular weight is 307 g/mol. The standard InChI is InChI=1S/C17H23ClN2O/c1-5-13-7-9-14(10-8-13)17(4,21)11-15-16(18)12(3)19-20(15)6-2/h7-10,21H,5-6,11H2,1-4H3. The zero-order valence-corrected chi connectivity index (χ0v) is 13.9. The summed E-state index contributed by atoms with van der Waals surface area (Å²) in [7, 11) is 0. The van der Waals surface area contributed by atoms with Crippen LogP contribution in [0.3, 0.4) is 0 Å². The van der Waals surface area contributed by atoms with E-state index in [1.54, 1.807) is 0 Å². The van der Waals surface area contributed by atoms with Gasteiger partial charge in [0.15, 0.2) is 0 Å². The summed E-state index contributed by atoms with van der Waals surface area (Å²) in [6, 6.07) is 8.11. The van der Waals surface area contributed by atoms with Crippen LogP contribution in [-0.2, 0) is 25.0 Å². The van der Waals surface area contributed by atoms with Gasteiger partial charge in [-0.15, -0.1) is 0 Å². The molecule has 0 amide bonds. The Kier molecular flexibility index (Phi) is 4.74. The van der Waals surface area contributed by atoms with Crippen molar-refractivity contribution in [3.63, 3.8) is 0 Å². The van der Waals surface area contributed by atoms with E-state index in [2.05, 4.69) is 24.2 Å². The lowest BCUT2D eigenvalue weighted by molar-refractivity contribution is 0.0554. The average Bonchev–Trinajstić information content (AvgIpc) is 2.74. The fourth-order valence-corrected chi connectivity index (χ4v) is 2.77. The molecule has 0 aliphatic carbocycles. The number of nitrogens with zero attached hydrogens (tertiary/aromatic N) is 2. The molecule has 0 saturated carbocycles. The van der Waals surface area contributed by atoms with E-state index in [0.29, 0.717) is 11.4 Å². The molecule has 0 bridgehead atoms. The number of rotatable bonds is 5. The Labute approximate surface area is 131 Å². The van der Waals surface area contributed by atoms with Crippen molar-refractivity contribution in [3.05, 3.63) is 51.8 Å². The SMILES string of the molecule is CCc1ccc(C(C)(O)Cc2c(Cl)c(C)nn2CC)cc1. The van der Waals surface area contributed by atoms with Crippen molar-refractivity contribution in [2.45, 2.75) is 52.7 Å². The van der Waals surface area contributed by atoms with E-state index in [9.17, 15) is 5.11 Å². The molecule has 0 aliphatic rings. The molecule has 1 aromatic heterocycles. The fraction of sp³-hybridized carbons (Fsp3) is 0.471. The first-order valence-corrected chi connectivity index (χ1v) is 7.80. The third-order valence-electron chi connectivity index (χ3n) is 3.95. The second kappa shape index (κ2) is 6.20. The van der Waals surface area contributed by atoms with Gasteiger partial charge in [-0.05, 0) is 38.3 Å². The Balaban J connectivity index is 2.32. The number of halogens is 1. The Bertz CT molecular complexity index is 614. The molecule has 4 heteroatoms. The smallest absolute Gasteiger partial charge is 0.0924 e. The summed E-state index contributed by atoms with van der Waals surface area (Å²) in [6.07, 6.45) is 1.45. The maximum absolute atomic E-state index is 10.9. The maximum atomic E-state index is 10.9. The molecule has 114 valence electrons. The van der Waals surface area contributed by atoms with E-state index >= 15 is 0 Å². The first-order valence-electron chi connectivity index (χ1n) is 7.42.